The maximum atomic E-state index is 3.66. The molecular weight excluding hydrogens is 172 g/mol. The molecule has 1 heterocycles. The fourth-order valence-electron chi connectivity index (χ4n) is 2.32. The Bertz CT molecular complexity index is 169. The molecule has 2 fully saturated rings. The summed E-state index contributed by atoms with van der Waals surface area (Å²) < 4.78 is 0. The first-order valence-electron chi connectivity index (χ1n) is 6.24. The standard InChI is InChI=1S/C12H24N2/c1-12(6-7-12)14-8-2-3-11-4-9-13-10-5-11/h11,13-14H,2-10H2,1H3. The summed E-state index contributed by atoms with van der Waals surface area (Å²) in [4.78, 5) is 0. The van der Waals surface area contributed by atoms with E-state index >= 15 is 0 Å². The maximum absolute atomic E-state index is 3.66. The molecule has 82 valence electrons. The average Bonchev–Trinajstić information content (AvgIpc) is 2.94. The molecule has 0 amide bonds. The zero-order chi connectivity index (χ0) is 9.86. The monoisotopic (exact) mass is 196 g/mol. The third kappa shape index (κ3) is 3.25. The summed E-state index contributed by atoms with van der Waals surface area (Å²) in [5.74, 6) is 1.00. The molecule has 0 aromatic carbocycles. The third-order valence-electron chi connectivity index (χ3n) is 3.80. The summed E-state index contributed by atoms with van der Waals surface area (Å²) in [5, 5.41) is 7.08. The highest BCUT2D eigenvalue weighted by Crippen LogP contribution is 2.34. The van der Waals surface area contributed by atoms with Crippen LogP contribution in [0, 0.1) is 5.92 Å². The molecule has 0 radical (unpaired) electrons. The van der Waals surface area contributed by atoms with Crippen LogP contribution >= 0.6 is 0 Å². The molecule has 2 aliphatic rings. The highest BCUT2D eigenvalue weighted by Gasteiger charge is 2.35. The van der Waals surface area contributed by atoms with Crippen LogP contribution in [0.2, 0.25) is 0 Å². The SMILES string of the molecule is CC1(NCCCC2CCNCC2)CC1. The summed E-state index contributed by atoms with van der Waals surface area (Å²) >= 11 is 0. The van der Waals surface area contributed by atoms with Crippen molar-refractivity contribution in [3.8, 4) is 0 Å². The van der Waals surface area contributed by atoms with Gasteiger partial charge < -0.3 is 10.6 Å². The summed E-state index contributed by atoms with van der Waals surface area (Å²) in [6, 6.07) is 0. The molecule has 1 saturated heterocycles. The van der Waals surface area contributed by atoms with E-state index in [1.54, 1.807) is 0 Å². The van der Waals surface area contributed by atoms with E-state index in [-0.39, 0.29) is 0 Å². The molecule has 1 aliphatic carbocycles. The Labute approximate surface area is 87.8 Å². The van der Waals surface area contributed by atoms with Crippen molar-refractivity contribution in [2.24, 2.45) is 5.92 Å². The van der Waals surface area contributed by atoms with E-state index in [0.717, 1.165) is 5.92 Å². The first-order chi connectivity index (χ1) is 6.79. The first-order valence-corrected chi connectivity index (χ1v) is 6.24. The molecule has 0 atom stereocenters. The molecule has 0 unspecified atom stereocenters. The van der Waals surface area contributed by atoms with Crippen LogP contribution in [-0.4, -0.2) is 25.2 Å². The maximum Gasteiger partial charge on any atom is 0.0154 e. The molecule has 2 N–H and O–H groups in total. The molecule has 0 aromatic heterocycles. The van der Waals surface area contributed by atoms with Crippen molar-refractivity contribution in [3.63, 3.8) is 0 Å². The van der Waals surface area contributed by atoms with Crippen LogP contribution in [0.15, 0.2) is 0 Å². The second kappa shape index (κ2) is 4.63. The molecule has 2 heteroatoms. The predicted molar refractivity (Wildman–Crippen MR) is 60.5 cm³/mol. The molecule has 2 rings (SSSR count). The van der Waals surface area contributed by atoms with Crippen LogP contribution in [0.25, 0.3) is 0 Å². The van der Waals surface area contributed by atoms with Gasteiger partial charge in [-0.1, -0.05) is 0 Å². The van der Waals surface area contributed by atoms with Crippen LogP contribution < -0.4 is 10.6 Å². The quantitative estimate of drug-likeness (QED) is 0.656. The molecule has 1 saturated carbocycles. The Morgan fingerprint density at radius 2 is 2.00 bits per heavy atom. The van der Waals surface area contributed by atoms with Crippen molar-refractivity contribution < 1.29 is 0 Å². The van der Waals surface area contributed by atoms with Crippen molar-refractivity contribution in [1.82, 2.24) is 10.6 Å². The summed E-state index contributed by atoms with van der Waals surface area (Å²) in [6.45, 7) is 6.07. The Morgan fingerprint density at radius 1 is 1.29 bits per heavy atom. The fourth-order valence-corrected chi connectivity index (χ4v) is 2.32. The molecule has 0 spiro atoms. The topological polar surface area (TPSA) is 24.1 Å². The van der Waals surface area contributed by atoms with E-state index in [4.69, 9.17) is 0 Å². The second-order valence-corrected chi connectivity index (χ2v) is 5.32. The van der Waals surface area contributed by atoms with Gasteiger partial charge in [-0.3, -0.25) is 0 Å². The summed E-state index contributed by atoms with van der Waals surface area (Å²) in [6.07, 6.45) is 8.39. The number of piperidine rings is 1. The predicted octanol–water partition coefficient (Wildman–Crippen LogP) is 1.91. The third-order valence-corrected chi connectivity index (χ3v) is 3.80. The van der Waals surface area contributed by atoms with Gasteiger partial charge in [0.2, 0.25) is 0 Å². The van der Waals surface area contributed by atoms with Gasteiger partial charge in [-0.05, 0) is 71.0 Å². The van der Waals surface area contributed by atoms with Gasteiger partial charge in [-0.2, -0.15) is 0 Å². The fraction of sp³-hybridized carbons (Fsp3) is 1.00. The minimum atomic E-state index is 0.536. The van der Waals surface area contributed by atoms with Gasteiger partial charge in [-0.15, -0.1) is 0 Å². The number of nitrogens with one attached hydrogen (secondary N) is 2. The Morgan fingerprint density at radius 3 is 2.64 bits per heavy atom. The van der Waals surface area contributed by atoms with E-state index in [1.165, 1.54) is 58.2 Å². The van der Waals surface area contributed by atoms with Crippen molar-refractivity contribution in [3.05, 3.63) is 0 Å². The zero-order valence-corrected chi connectivity index (χ0v) is 9.44. The minimum absolute atomic E-state index is 0.536. The molecule has 1 aliphatic heterocycles. The van der Waals surface area contributed by atoms with Gasteiger partial charge in [0.1, 0.15) is 0 Å². The lowest BCUT2D eigenvalue weighted by Gasteiger charge is -2.22. The molecule has 2 nitrogen and oxygen atoms in total. The van der Waals surface area contributed by atoms with Gasteiger partial charge in [0.15, 0.2) is 0 Å². The van der Waals surface area contributed by atoms with Crippen molar-refractivity contribution in [1.29, 1.82) is 0 Å². The van der Waals surface area contributed by atoms with E-state index in [0.29, 0.717) is 5.54 Å². The smallest absolute Gasteiger partial charge is 0.0154 e. The highest BCUT2D eigenvalue weighted by molar-refractivity contribution is 4.97. The largest absolute Gasteiger partial charge is 0.317 e. The number of rotatable bonds is 5. The lowest BCUT2D eigenvalue weighted by molar-refractivity contribution is 0.341. The van der Waals surface area contributed by atoms with E-state index < -0.39 is 0 Å². The van der Waals surface area contributed by atoms with Crippen molar-refractivity contribution in [2.75, 3.05) is 19.6 Å². The number of hydrogen-bond donors (Lipinski definition) is 2. The van der Waals surface area contributed by atoms with Crippen molar-refractivity contribution in [2.45, 2.75) is 51.0 Å². The van der Waals surface area contributed by atoms with E-state index in [2.05, 4.69) is 17.6 Å². The lowest BCUT2D eigenvalue weighted by Crippen LogP contribution is -2.30. The minimum Gasteiger partial charge on any atom is -0.317 e. The van der Waals surface area contributed by atoms with Gasteiger partial charge >= 0.3 is 0 Å². The Balaban J connectivity index is 1.49. The highest BCUT2D eigenvalue weighted by atomic mass is 15.0. The lowest BCUT2D eigenvalue weighted by atomic mass is 9.93. The normalized spacial score (nSPS) is 26.4. The Kier molecular flexibility index (Phi) is 3.45. The van der Waals surface area contributed by atoms with E-state index in [9.17, 15) is 0 Å². The van der Waals surface area contributed by atoms with Gasteiger partial charge in [0, 0.05) is 5.54 Å². The summed E-state index contributed by atoms with van der Waals surface area (Å²) in [5.41, 5.74) is 0.536. The van der Waals surface area contributed by atoms with Crippen LogP contribution in [0.1, 0.15) is 45.4 Å². The van der Waals surface area contributed by atoms with Gasteiger partial charge in [0.05, 0.1) is 0 Å². The van der Waals surface area contributed by atoms with Crippen LogP contribution in [0.5, 0.6) is 0 Å². The summed E-state index contributed by atoms with van der Waals surface area (Å²) in [7, 11) is 0. The Hall–Kier alpha value is -0.0800. The van der Waals surface area contributed by atoms with Crippen LogP contribution in [0.3, 0.4) is 0 Å². The van der Waals surface area contributed by atoms with Gasteiger partial charge in [0.25, 0.3) is 0 Å². The number of hydrogen-bond acceptors (Lipinski definition) is 2. The zero-order valence-electron chi connectivity index (χ0n) is 9.44. The van der Waals surface area contributed by atoms with Gasteiger partial charge in [-0.25, -0.2) is 0 Å². The molecule has 0 aromatic rings. The van der Waals surface area contributed by atoms with E-state index in [1.807, 2.05) is 0 Å². The van der Waals surface area contributed by atoms with Crippen LogP contribution in [0.4, 0.5) is 0 Å². The molecule has 14 heavy (non-hydrogen) atoms. The average molecular weight is 196 g/mol. The molecular formula is C12H24N2. The molecule has 0 bridgehead atoms. The first kappa shape index (κ1) is 10.4. The van der Waals surface area contributed by atoms with Crippen molar-refractivity contribution >= 4 is 0 Å². The second-order valence-electron chi connectivity index (χ2n) is 5.32. The van der Waals surface area contributed by atoms with Crippen LogP contribution in [-0.2, 0) is 0 Å².